The fraction of sp³-hybridized carbons (Fsp3) is 0.133. The van der Waals surface area contributed by atoms with Crippen LogP contribution in [0.1, 0.15) is 21.6 Å². The summed E-state index contributed by atoms with van der Waals surface area (Å²) in [7, 11) is 0. The molecular formula is C15H13FN4OS. The van der Waals surface area contributed by atoms with Crippen molar-refractivity contribution < 1.29 is 9.18 Å². The molecule has 0 aliphatic rings. The molecule has 2 aromatic heterocycles. The summed E-state index contributed by atoms with van der Waals surface area (Å²) >= 11 is 1.43. The molecule has 7 heteroatoms. The van der Waals surface area contributed by atoms with Crippen LogP contribution in [0, 0.1) is 19.7 Å². The van der Waals surface area contributed by atoms with Crippen molar-refractivity contribution in [2.45, 2.75) is 13.8 Å². The van der Waals surface area contributed by atoms with Crippen molar-refractivity contribution in [3.63, 3.8) is 0 Å². The Kier molecular flexibility index (Phi) is 3.72. The molecule has 112 valence electrons. The lowest BCUT2D eigenvalue weighted by molar-refractivity contribution is 0.102. The average molecular weight is 316 g/mol. The van der Waals surface area contributed by atoms with Crippen LogP contribution in [0.2, 0.25) is 0 Å². The topological polar surface area (TPSA) is 59.8 Å². The normalized spacial score (nSPS) is 10.7. The second-order valence-corrected chi connectivity index (χ2v) is 5.67. The third-order valence-electron chi connectivity index (χ3n) is 3.21. The van der Waals surface area contributed by atoms with Crippen LogP contribution in [0.4, 0.5) is 10.1 Å². The predicted molar refractivity (Wildman–Crippen MR) is 83.1 cm³/mol. The number of hydrogen-bond donors (Lipinski definition) is 1. The van der Waals surface area contributed by atoms with Crippen LogP contribution in [-0.4, -0.2) is 20.7 Å². The van der Waals surface area contributed by atoms with E-state index in [0.717, 1.165) is 5.56 Å². The third kappa shape index (κ3) is 2.75. The second-order valence-electron chi connectivity index (χ2n) is 4.80. The standard InChI is InChI=1S/C15H13FN4OS/c1-9-3-4-11(16)7-13(9)18-14(21)12-8-20(19-10(12)2)15-17-5-6-22-15/h3-8H,1-2H3,(H,18,21). The van der Waals surface area contributed by atoms with Crippen molar-refractivity contribution in [2.75, 3.05) is 5.32 Å². The molecule has 0 saturated heterocycles. The zero-order chi connectivity index (χ0) is 15.7. The van der Waals surface area contributed by atoms with Gasteiger partial charge in [-0.2, -0.15) is 5.10 Å². The van der Waals surface area contributed by atoms with E-state index in [0.29, 0.717) is 22.1 Å². The molecule has 1 N–H and O–H groups in total. The summed E-state index contributed by atoms with van der Waals surface area (Å²) in [5.74, 6) is -0.717. The van der Waals surface area contributed by atoms with Crippen molar-refractivity contribution >= 4 is 22.9 Å². The number of carbonyl (C=O) groups excluding carboxylic acids is 1. The summed E-state index contributed by atoms with van der Waals surface area (Å²) in [6, 6.07) is 4.28. The minimum absolute atomic E-state index is 0.325. The molecule has 0 radical (unpaired) electrons. The van der Waals surface area contributed by atoms with Crippen LogP contribution < -0.4 is 5.32 Å². The molecule has 1 aromatic carbocycles. The fourth-order valence-corrected chi connectivity index (χ4v) is 2.60. The molecule has 0 bridgehead atoms. The number of anilines is 1. The first-order chi connectivity index (χ1) is 10.5. The maximum absolute atomic E-state index is 13.3. The SMILES string of the molecule is Cc1ccc(F)cc1NC(=O)c1cn(-c2nccs2)nc1C. The average Bonchev–Trinajstić information content (AvgIpc) is 3.11. The Labute approximate surface area is 130 Å². The molecule has 0 atom stereocenters. The van der Waals surface area contributed by atoms with Gasteiger partial charge in [0.1, 0.15) is 5.82 Å². The maximum atomic E-state index is 13.3. The van der Waals surface area contributed by atoms with Gasteiger partial charge in [-0.3, -0.25) is 4.79 Å². The highest BCUT2D eigenvalue weighted by Crippen LogP contribution is 2.19. The number of carbonyl (C=O) groups is 1. The van der Waals surface area contributed by atoms with Gasteiger partial charge in [0.05, 0.1) is 11.3 Å². The van der Waals surface area contributed by atoms with Gasteiger partial charge in [-0.1, -0.05) is 6.07 Å². The summed E-state index contributed by atoms with van der Waals surface area (Å²) in [5, 5.41) is 9.52. The molecular weight excluding hydrogens is 303 g/mol. The molecule has 0 fully saturated rings. The number of aromatic nitrogens is 3. The van der Waals surface area contributed by atoms with E-state index in [9.17, 15) is 9.18 Å². The second kappa shape index (κ2) is 5.69. The fourth-order valence-electron chi connectivity index (χ4n) is 2.03. The number of hydrogen-bond acceptors (Lipinski definition) is 4. The molecule has 2 heterocycles. The lowest BCUT2D eigenvalue weighted by Gasteiger charge is -2.07. The number of aryl methyl sites for hydroxylation is 2. The highest BCUT2D eigenvalue weighted by Gasteiger charge is 2.16. The molecule has 22 heavy (non-hydrogen) atoms. The van der Waals surface area contributed by atoms with E-state index >= 15 is 0 Å². The van der Waals surface area contributed by atoms with Crippen molar-refractivity contribution in [1.29, 1.82) is 0 Å². The predicted octanol–water partition coefficient (Wildman–Crippen LogP) is 3.34. The van der Waals surface area contributed by atoms with E-state index < -0.39 is 5.82 Å². The van der Waals surface area contributed by atoms with Gasteiger partial charge in [0.25, 0.3) is 5.91 Å². The van der Waals surface area contributed by atoms with E-state index in [1.807, 2.05) is 5.38 Å². The molecule has 0 aliphatic carbocycles. The number of benzene rings is 1. The Morgan fingerprint density at radius 1 is 1.36 bits per heavy atom. The number of amides is 1. The third-order valence-corrected chi connectivity index (χ3v) is 3.97. The van der Waals surface area contributed by atoms with Gasteiger partial charge in [-0.05, 0) is 31.5 Å². The molecule has 0 saturated carbocycles. The molecule has 0 unspecified atom stereocenters. The Hall–Kier alpha value is -2.54. The highest BCUT2D eigenvalue weighted by atomic mass is 32.1. The van der Waals surface area contributed by atoms with Crippen molar-refractivity contribution in [3.8, 4) is 5.13 Å². The van der Waals surface area contributed by atoms with E-state index in [1.54, 1.807) is 37.0 Å². The van der Waals surface area contributed by atoms with Gasteiger partial charge >= 0.3 is 0 Å². The first kappa shape index (κ1) is 14.4. The molecule has 0 spiro atoms. The summed E-state index contributed by atoms with van der Waals surface area (Å²) in [4.78, 5) is 16.5. The lowest BCUT2D eigenvalue weighted by atomic mass is 10.2. The van der Waals surface area contributed by atoms with Gasteiger partial charge < -0.3 is 5.32 Å². The van der Waals surface area contributed by atoms with Gasteiger partial charge in [0.2, 0.25) is 5.13 Å². The largest absolute Gasteiger partial charge is 0.322 e. The van der Waals surface area contributed by atoms with Crippen LogP contribution in [0.3, 0.4) is 0 Å². The Morgan fingerprint density at radius 2 is 2.18 bits per heavy atom. The zero-order valence-corrected chi connectivity index (χ0v) is 12.8. The van der Waals surface area contributed by atoms with Crippen LogP contribution in [0.15, 0.2) is 36.0 Å². The van der Waals surface area contributed by atoms with E-state index in [1.165, 1.54) is 23.5 Å². The van der Waals surface area contributed by atoms with Crippen molar-refractivity contribution in [2.24, 2.45) is 0 Å². The Bertz CT molecular complexity index is 826. The monoisotopic (exact) mass is 316 g/mol. The van der Waals surface area contributed by atoms with Crippen LogP contribution in [0.5, 0.6) is 0 Å². The minimum Gasteiger partial charge on any atom is -0.322 e. The summed E-state index contributed by atoms with van der Waals surface area (Å²) < 4.78 is 14.9. The van der Waals surface area contributed by atoms with Gasteiger partial charge in [-0.15, -0.1) is 11.3 Å². The lowest BCUT2D eigenvalue weighted by Crippen LogP contribution is -2.13. The van der Waals surface area contributed by atoms with Gasteiger partial charge in [0.15, 0.2) is 0 Å². The minimum atomic E-state index is -0.392. The molecule has 5 nitrogen and oxygen atoms in total. The quantitative estimate of drug-likeness (QED) is 0.806. The summed E-state index contributed by atoms with van der Waals surface area (Å²) in [5.41, 5.74) is 2.26. The Morgan fingerprint density at radius 3 is 2.91 bits per heavy atom. The van der Waals surface area contributed by atoms with Crippen molar-refractivity contribution in [1.82, 2.24) is 14.8 Å². The van der Waals surface area contributed by atoms with Crippen LogP contribution in [-0.2, 0) is 0 Å². The highest BCUT2D eigenvalue weighted by molar-refractivity contribution is 7.12. The molecule has 0 aliphatic heterocycles. The number of nitrogens with one attached hydrogen (secondary N) is 1. The van der Waals surface area contributed by atoms with E-state index in [2.05, 4.69) is 15.4 Å². The first-order valence-corrected chi connectivity index (χ1v) is 7.46. The first-order valence-electron chi connectivity index (χ1n) is 6.58. The zero-order valence-electron chi connectivity index (χ0n) is 12.0. The summed E-state index contributed by atoms with van der Waals surface area (Å²) in [6.07, 6.45) is 3.30. The summed E-state index contributed by atoms with van der Waals surface area (Å²) in [6.45, 7) is 3.55. The van der Waals surface area contributed by atoms with E-state index in [4.69, 9.17) is 0 Å². The maximum Gasteiger partial charge on any atom is 0.259 e. The van der Waals surface area contributed by atoms with Crippen LogP contribution >= 0.6 is 11.3 Å². The number of rotatable bonds is 3. The number of nitrogens with zero attached hydrogens (tertiary/aromatic N) is 3. The van der Waals surface area contributed by atoms with Gasteiger partial charge in [0, 0.05) is 23.5 Å². The van der Waals surface area contributed by atoms with Crippen molar-refractivity contribution in [3.05, 3.63) is 58.6 Å². The molecule has 3 aromatic rings. The van der Waals surface area contributed by atoms with E-state index in [-0.39, 0.29) is 5.91 Å². The Balaban J connectivity index is 1.88. The van der Waals surface area contributed by atoms with Gasteiger partial charge in [-0.25, -0.2) is 14.1 Å². The smallest absolute Gasteiger partial charge is 0.259 e. The molecule has 3 rings (SSSR count). The molecule has 1 amide bonds. The number of thiazole rings is 1. The van der Waals surface area contributed by atoms with Crippen LogP contribution in [0.25, 0.3) is 5.13 Å². The number of halogens is 1.